The van der Waals surface area contributed by atoms with Crippen molar-refractivity contribution >= 4 is 15.7 Å². The zero-order valence-electron chi connectivity index (χ0n) is 10.8. The number of aromatic amines is 1. The lowest BCUT2D eigenvalue weighted by Crippen LogP contribution is -2.27. The van der Waals surface area contributed by atoms with E-state index in [1.807, 2.05) is 0 Å². The summed E-state index contributed by atoms with van der Waals surface area (Å²) in [7, 11) is -2.89. The molecule has 2 heterocycles. The van der Waals surface area contributed by atoms with E-state index in [0.29, 0.717) is 19.4 Å². The number of nitrogens with one attached hydrogen (secondary N) is 2. The molecule has 2 N–H and O–H groups in total. The Morgan fingerprint density at radius 3 is 3.00 bits per heavy atom. The van der Waals surface area contributed by atoms with Crippen LogP contribution in [-0.2, 0) is 21.1 Å². The van der Waals surface area contributed by atoms with E-state index in [4.69, 9.17) is 0 Å². The highest BCUT2D eigenvalue weighted by atomic mass is 32.2. The summed E-state index contributed by atoms with van der Waals surface area (Å²) >= 11 is 0. The fourth-order valence-corrected chi connectivity index (χ4v) is 4.15. The molecule has 1 aliphatic heterocycles. The summed E-state index contributed by atoms with van der Waals surface area (Å²) in [4.78, 5) is 18.7. The van der Waals surface area contributed by atoms with Gasteiger partial charge in [0.1, 0.15) is 5.82 Å². The number of carbonyl (C=O) groups is 1. The summed E-state index contributed by atoms with van der Waals surface area (Å²) in [5.41, 5.74) is 0. The standard InChI is InChI=1S/C12H19N3O3S/c16-12(8-10-3-7-19(17,18)9-10)15-4-1-2-11-13-5-6-14-11/h5-6,10H,1-4,7-9H2,(H,13,14)(H,15,16). The van der Waals surface area contributed by atoms with Gasteiger partial charge in [0.05, 0.1) is 11.5 Å². The molecule has 19 heavy (non-hydrogen) atoms. The van der Waals surface area contributed by atoms with Crippen LogP contribution in [0.5, 0.6) is 0 Å². The molecule has 0 radical (unpaired) electrons. The fourth-order valence-electron chi connectivity index (χ4n) is 2.29. The lowest BCUT2D eigenvalue weighted by Gasteiger charge is -2.08. The molecule has 0 spiro atoms. The van der Waals surface area contributed by atoms with Gasteiger partial charge in [-0.1, -0.05) is 0 Å². The highest BCUT2D eigenvalue weighted by Crippen LogP contribution is 2.21. The van der Waals surface area contributed by atoms with Crippen LogP contribution in [0.1, 0.15) is 25.1 Å². The van der Waals surface area contributed by atoms with E-state index >= 15 is 0 Å². The Morgan fingerprint density at radius 1 is 1.53 bits per heavy atom. The number of aryl methyl sites for hydroxylation is 1. The summed E-state index contributed by atoms with van der Waals surface area (Å²) < 4.78 is 22.5. The van der Waals surface area contributed by atoms with Crippen molar-refractivity contribution in [1.29, 1.82) is 0 Å². The molecule has 6 nitrogen and oxygen atoms in total. The second kappa shape index (κ2) is 6.18. The van der Waals surface area contributed by atoms with Gasteiger partial charge in [0.25, 0.3) is 0 Å². The lowest BCUT2D eigenvalue weighted by atomic mass is 10.1. The van der Waals surface area contributed by atoms with Gasteiger partial charge in [0.15, 0.2) is 9.84 Å². The van der Waals surface area contributed by atoms with Crippen molar-refractivity contribution in [2.24, 2.45) is 5.92 Å². The first-order valence-corrected chi connectivity index (χ1v) is 8.33. The first-order chi connectivity index (χ1) is 9.05. The number of rotatable bonds is 6. The average molecular weight is 285 g/mol. The highest BCUT2D eigenvalue weighted by Gasteiger charge is 2.29. The van der Waals surface area contributed by atoms with Gasteiger partial charge in [-0.3, -0.25) is 4.79 Å². The van der Waals surface area contributed by atoms with Crippen LogP contribution >= 0.6 is 0 Å². The smallest absolute Gasteiger partial charge is 0.220 e. The van der Waals surface area contributed by atoms with Gasteiger partial charge in [0.2, 0.25) is 5.91 Å². The number of carbonyl (C=O) groups excluding carboxylic acids is 1. The van der Waals surface area contributed by atoms with Crippen LogP contribution in [0.4, 0.5) is 0 Å². The zero-order valence-corrected chi connectivity index (χ0v) is 11.6. The monoisotopic (exact) mass is 285 g/mol. The molecule has 2 rings (SSSR count). The second-order valence-corrected chi connectivity index (χ2v) is 7.19. The Balaban J connectivity index is 1.60. The van der Waals surface area contributed by atoms with E-state index in [1.165, 1.54) is 0 Å². The van der Waals surface area contributed by atoms with Crippen LogP contribution in [0.3, 0.4) is 0 Å². The summed E-state index contributed by atoms with van der Waals surface area (Å²) in [6, 6.07) is 0. The number of nitrogens with zero attached hydrogens (tertiary/aromatic N) is 1. The predicted molar refractivity (Wildman–Crippen MR) is 71.3 cm³/mol. The van der Waals surface area contributed by atoms with Crippen molar-refractivity contribution in [2.75, 3.05) is 18.1 Å². The van der Waals surface area contributed by atoms with Gasteiger partial charge in [-0.15, -0.1) is 0 Å². The average Bonchev–Trinajstić information content (AvgIpc) is 2.94. The maximum Gasteiger partial charge on any atom is 0.220 e. The Kier molecular flexibility index (Phi) is 4.57. The third-order valence-corrected chi connectivity index (χ3v) is 5.11. The van der Waals surface area contributed by atoms with E-state index in [0.717, 1.165) is 18.7 Å². The predicted octanol–water partition coefficient (Wildman–Crippen LogP) is 0.283. The molecule has 106 valence electrons. The first kappa shape index (κ1) is 14.0. The van der Waals surface area contributed by atoms with Gasteiger partial charge in [-0.25, -0.2) is 13.4 Å². The SMILES string of the molecule is O=C(CC1CCS(=O)(=O)C1)NCCCc1ncc[nH]1. The van der Waals surface area contributed by atoms with Crippen molar-refractivity contribution < 1.29 is 13.2 Å². The molecule has 7 heteroatoms. The number of imidazole rings is 1. The fraction of sp³-hybridized carbons (Fsp3) is 0.667. The normalized spacial score (nSPS) is 21.4. The summed E-state index contributed by atoms with van der Waals surface area (Å²) in [6.45, 7) is 0.596. The van der Waals surface area contributed by atoms with Crippen LogP contribution in [-0.4, -0.2) is 42.3 Å². The van der Waals surface area contributed by atoms with Gasteiger partial charge in [-0.05, 0) is 18.8 Å². The van der Waals surface area contributed by atoms with Crippen LogP contribution in [0.25, 0.3) is 0 Å². The molecule has 0 saturated carbocycles. The van der Waals surface area contributed by atoms with Gasteiger partial charge >= 0.3 is 0 Å². The van der Waals surface area contributed by atoms with Crippen LogP contribution in [0, 0.1) is 5.92 Å². The maximum atomic E-state index is 11.6. The lowest BCUT2D eigenvalue weighted by molar-refractivity contribution is -0.121. The Morgan fingerprint density at radius 2 is 2.37 bits per heavy atom. The van der Waals surface area contributed by atoms with E-state index in [2.05, 4.69) is 15.3 Å². The number of sulfone groups is 1. The molecule has 1 unspecified atom stereocenters. The molecule has 1 aliphatic rings. The molecule has 1 atom stereocenters. The van der Waals surface area contributed by atoms with Gasteiger partial charge in [-0.2, -0.15) is 0 Å². The van der Waals surface area contributed by atoms with Crippen LogP contribution < -0.4 is 5.32 Å². The second-order valence-electron chi connectivity index (χ2n) is 4.96. The van der Waals surface area contributed by atoms with Crippen molar-refractivity contribution in [1.82, 2.24) is 15.3 Å². The molecule has 1 amide bonds. The minimum Gasteiger partial charge on any atom is -0.356 e. The minimum atomic E-state index is -2.89. The largest absolute Gasteiger partial charge is 0.356 e. The third-order valence-electron chi connectivity index (χ3n) is 3.27. The molecule has 0 bridgehead atoms. The number of H-pyrrole nitrogens is 1. The maximum absolute atomic E-state index is 11.6. The molecule has 1 aromatic rings. The number of hydrogen-bond acceptors (Lipinski definition) is 4. The molecule has 1 fully saturated rings. The Bertz CT molecular complexity index is 510. The molecular formula is C12H19N3O3S. The zero-order chi connectivity index (χ0) is 13.7. The van der Waals surface area contributed by atoms with Crippen molar-refractivity contribution in [3.8, 4) is 0 Å². The molecule has 0 aliphatic carbocycles. The topological polar surface area (TPSA) is 91.9 Å². The van der Waals surface area contributed by atoms with Crippen molar-refractivity contribution in [3.63, 3.8) is 0 Å². The minimum absolute atomic E-state index is 0.00456. The summed E-state index contributed by atoms with van der Waals surface area (Å²) in [5, 5.41) is 2.82. The molecule has 1 saturated heterocycles. The van der Waals surface area contributed by atoms with Crippen LogP contribution in [0.15, 0.2) is 12.4 Å². The van der Waals surface area contributed by atoms with Crippen molar-refractivity contribution in [2.45, 2.75) is 25.7 Å². The first-order valence-electron chi connectivity index (χ1n) is 6.50. The molecule has 0 aromatic carbocycles. The van der Waals surface area contributed by atoms with E-state index in [1.54, 1.807) is 12.4 Å². The highest BCUT2D eigenvalue weighted by molar-refractivity contribution is 7.91. The Hall–Kier alpha value is -1.37. The third kappa shape index (κ3) is 4.66. The van der Waals surface area contributed by atoms with E-state index in [-0.39, 0.29) is 23.3 Å². The Labute approximate surface area is 112 Å². The molecule has 1 aromatic heterocycles. The quantitative estimate of drug-likeness (QED) is 0.735. The van der Waals surface area contributed by atoms with E-state index in [9.17, 15) is 13.2 Å². The number of aromatic nitrogens is 2. The van der Waals surface area contributed by atoms with E-state index < -0.39 is 9.84 Å². The van der Waals surface area contributed by atoms with Gasteiger partial charge in [0, 0.05) is 31.8 Å². The van der Waals surface area contributed by atoms with Crippen LogP contribution in [0.2, 0.25) is 0 Å². The van der Waals surface area contributed by atoms with Crippen molar-refractivity contribution in [3.05, 3.63) is 18.2 Å². The summed E-state index contributed by atoms with van der Waals surface area (Å²) in [5.74, 6) is 1.24. The summed E-state index contributed by atoms with van der Waals surface area (Å²) in [6.07, 6.45) is 6.03. The molecular weight excluding hydrogens is 266 g/mol. The van der Waals surface area contributed by atoms with Gasteiger partial charge < -0.3 is 10.3 Å². The number of amides is 1. The number of hydrogen-bond donors (Lipinski definition) is 2.